The highest BCUT2D eigenvalue weighted by atomic mass is 16.2. The summed E-state index contributed by atoms with van der Waals surface area (Å²) in [5, 5.41) is 5.56. The third kappa shape index (κ3) is 3.50. The molecule has 150 valence electrons. The van der Waals surface area contributed by atoms with Crippen LogP contribution in [0.1, 0.15) is 42.5 Å². The first-order valence-electron chi connectivity index (χ1n) is 10.1. The van der Waals surface area contributed by atoms with E-state index < -0.39 is 23.4 Å². The summed E-state index contributed by atoms with van der Waals surface area (Å²) < 4.78 is 0. The Balaban J connectivity index is 1.49. The van der Waals surface area contributed by atoms with E-state index in [9.17, 15) is 14.4 Å². The molecule has 1 fully saturated rings. The van der Waals surface area contributed by atoms with Gasteiger partial charge in [0, 0.05) is 5.69 Å². The lowest BCUT2D eigenvalue weighted by Crippen LogP contribution is -2.42. The molecular formula is C23H25N3O3. The monoisotopic (exact) mass is 391 g/mol. The Morgan fingerprint density at radius 3 is 2.72 bits per heavy atom. The number of urea groups is 1. The standard InChI is InChI=1S/C23H25N3O3/c1-3-15-6-4-9-19(12-15)24-20(27)14-26-21(28)23(2,25-22(26)29)18-11-10-16-7-5-8-17(16)13-18/h4,6,9-13H,3,5,7-8,14H2,1-2H3,(H,24,27)(H,25,29). The van der Waals surface area contributed by atoms with Crippen LogP contribution in [0.25, 0.3) is 0 Å². The van der Waals surface area contributed by atoms with Crippen molar-refractivity contribution in [3.05, 3.63) is 64.7 Å². The highest BCUT2D eigenvalue weighted by Crippen LogP contribution is 2.32. The van der Waals surface area contributed by atoms with Crippen molar-refractivity contribution in [3.8, 4) is 0 Å². The van der Waals surface area contributed by atoms with Gasteiger partial charge in [0.2, 0.25) is 5.91 Å². The number of amides is 4. The second kappa shape index (κ2) is 7.35. The van der Waals surface area contributed by atoms with Crippen molar-refractivity contribution in [2.75, 3.05) is 11.9 Å². The molecule has 6 nitrogen and oxygen atoms in total. The van der Waals surface area contributed by atoms with Crippen LogP contribution in [0.15, 0.2) is 42.5 Å². The average molecular weight is 391 g/mol. The van der Waals surface area contributed by atoms with Crippen molar-refractivity contribution in [2.45, 2.75) is 45.1 Å². The molecule has 4 rings (SSSR count). The van der Waals surface area contributed by atoms with E-state index in [2.05, 4.69) is 10.6 Å². The van der Waals surface area contributed by atoms with Crippen LogP contribution in [0.5, 0.6) is 0 Å². The molecule has 1 aliphatic heterocycles. The number of nitrogens with one attached hydrogen (secondary N) is 2. The molecule has 2 aliphatic rings. The van der Waals surface area contributed by atoms with Crippen LogP contribution in [-0.4, -0.2) is 29.3 Å². The molecule has 1 aliphatic carbocycles. The minimum atomic E-state index is -1.16. The van der Waals surface area contributed by atoms with Crippen molar-refractivity contribution < 1.29 is 14.4 Å². The van der Waals surface area contributed by atoms with E-state index >= 15 is 0 Å². The fourth-order valence-corrected chi connectivity index (χ4v) is 4.13. The second-order valence-corrected chi connectivity index (χ2v) is 7.89. The number of hydrogen-bond donors (Lipinski definition) is 2. The van der Waals surface area contributed by atoms with Crippen molar-refractivity contribution >= 4 is 23.5 Å². The van der Waals surface area contributed by atoms with Gasteiger partial charge in [0.05, 0.1) is 0 Å². The first-order valence-corrected chi connectivity index (χ1v) is 10.1. The molecule has 0 spiro atoms. The number of anilines is 1. The fourth-order valence-electron chi connectivity index (χ4n) is 4.13. The van der Waals surface area contributed by atoms with Crippen LogP contribution < -0.4 is 10.6 Å². The van der Waals surface area contributed by atoms with E-state index in [0.29, 0.717) is 5.69 Å². The molecular weight excluding hydrogens is 366 g/mol. The maximum absolute atomic E-state index is 13.1. The van der Waals surface area contributed by atoms with Gasteiger partial charge in [-0.2, -0.15) is 0 Å². The molecule has 6 heteroatoms. The number of rotatable bonds is 5. The van der Waals surface area contributed by atoms with Gasteiger partial charge in [0.1, 0.15) is 12.1 Å². The number of carbonyl (C=O) groups is 3. The van der Waals surface area contributed by atoms with Crippen LogP contribution in [0, 0.1) is 0 Å². The number of fused-ring (bicyclic) bond motifs is 1. The summed E-state index contributed by atoms with van der Waals surface area (Å²) in [4.78, 5) is 39.1. The van der Waals surface area contributed by atoms with Gasteiger partial charge in [-0.1, -0.05) is 37.3 Å². The first kappa shape index (κ1) is 19.2. The van der Waals surface area contributed by atoms with Crippen LogP contribution in [0.2, 0.25) is 0 Å². The first-order chi connectivity index (χ1) is 13.9. The largest absolute Gasteiger partial charge is 0.325 e. The molecule has 1 saturated heterocycles. The van der Waals surface area contributed by atoms with Gasteiger partial charge in [-0.25, -0.2) is 4.79 Å². The number of benzene rings is 2. The van der Waals surface area contributed by atoms with Gasteiger partial charge >= 0.3 is 6.03 Å². The molecule has 2 aromatic rings. The molecule has 29 heavy (non-hydrogen) atoms. The van der Waals surface area contributed by atoms with E-state index in [1.807, 2.05) is 43.3 Å². The molecule has 1 unspecified atom stereocenters. The van der Waals surface area contributed by atoms with Crippen LogP contribution in [0.4, 0.5) is 10.5 Å². The topological polar surface area (TPSA) is 78.5 Å². The predicted octanol–water partition coefficient (Wildman–Crippen LogP) is 3.14. The van der Waals surface area contributed by atoms with E-state index in [-0.39, 0.29) is 6.54 Å². The smallest absolute Gasteiger partial charge is 0.325 e. The fraction of sp³-hybridized carbons (Fsp3) is 0.348. The molecule has 2 N–H and O–H groups in total. The Morgan fingerprint density at radius 1 is 1.14 bits per heavy atom. The minimum absolute atomic E-state index is 0.318. The highest BCUT2D eigenvalue weighted by Gasteiger charge is 2.49. The molecule has 0 aromatic heterocycles. The van der Waals surface area contributed by atoms with Crippen molar-refractivity contribution in [1.29, 1.82) is 0 Å². The summed E-state index contributed by atoms with van der Waals surface area (Å²) in [6.07, 6.45) is 4.01. The van der Waals surface area contributed by atoms with Crippen molar-refractivity contribution in [2.24, 2.45) is 0 Å². The number of hydrogen-bond acceptors (Lipinski definition) is 3. The third-order valence-electron chi connectivity index (χ3n) is 5.87. The molecule has 4 amide bonds. The van der Waals surface area contributed by atoms with Gasteiger partial charge in [0.25, 0.3) is 5.91 Å². The molecule has 2 aromatic carbocycles. The Kier molecular flexibility index (Phi) is 4.86. The molecule has 0 radical (unpaired) electrons. The van der Waals surface area contributed by atoms with Gasteiger partial charge in [0.15, 0.2) is 0 Å². The normalized spacial score (nSPS) is 20.6. The Morgan fingerprint density at radius 2 is 1.93 bits per heavy atom. The van der Waals surface area contributed by atoms with Crippen molar-refractivity contribution in [3.63, 3.8) is 0 Å². The van der Waals surface area contributed by atoms with E-state index in [1.54, 1.807) is 13.0 Å². The molecule has 0 saturated carbocycles. The second-order valence-electron chi connectivity index (χ2n) is 7.89. The lowest BCUT2D eigenvalue weighted by atomic mass is 9.89. The van der Waals surface area contributed by atoms with Gasteiger partial charge < -0.3 is 10.6 Å². The summed E-state index contributed by atoms with van der Waals surface area (Å²) in [5.74, 6) is -0.808. The van der Waals surface area contributed by atoms with Crippen LogP contribution in [0.3, 0.4) is 0 Å². The average Bonchev–Trinajstić information content (AvgIpc) is 3.26. The maximum Gasteiger partial charge on any atom is 0.325 e. The van der Waals surface area contributed by atoms with Gasteiger partial charge in [-0.05, 0) is 67.0 Å². The van der Waals surface area contributed by atoms with E-state index in [4.69, 9.17) is 0 Å². The SMILES string of the molecule is CCc1cccc(NC(=O)CN2C(=O)NC(C)(c3ccc4c(c3)CCC4)C2=O)c1. The maximum atomic E-state index is 13.1. The van der Waals surface area contributed by atoms with Gasteiger partial charge in [-0.3, -0.25) is 14.5 Å². The molecule has 1 atom stereocenters. The summed E-state index contributed by atoms with van der Waals surface area (Å²) in [5.41, 5.74) is 3.90. The Bertz CT molecular complexity index is 1000. The summed E-state index contributed by atoms with van der Waals surface area (Å²) in [6.45, 7) is 3.42. The van der Waals surface area contributed by atoms with Gasteiger partial charge in [-0.15, -0.1) is 0 Å². The summed E-state index contributed by atoms with van der Waals surface area (Å²) in [6, 6.07) is 12.9. The molecule has 0 bridgehead atoms. The zero-order chi connectivity index (χ0) is 20.6. The zero-order valence-electron chi connectivity index (χ0n) is 16.7. The van der Waals surface area contributed by atoms with E-state index in [1.165, 1.54) is 11.1 Å². The number of carbonyl (C=O) groups excluding carboxylic acids is 3. The van der Waals surface area contributed by atoms with Crippen LogP contribution >= 0.6 is 0 Å². The quantitative estimate of drug-likeness (QED) is 0.769. The number of aryl methyl sites for hydroxylation is 3. The predicted molar refractivity (Wildman–Crippen MR) is 111 cm³/mol. The third-order valence-corrected chi connectivity index (χ3v) is 5.87. The minimum Gasteiger partial charge on any atom is -0.325 e. The lowest BCUT2D eigenvalue weighted by molar-refractivity contribution is -0.133. The molecule has 1 heterocycles. The summed E-state index contributed by atoms with van der Waals surface area (Å²) >= 11 is 0. The zero-order valence-corrected chi connectivity index (χ0v) is 16.7. The van der Waals surface area contributed by atoms with E-state index in [0.717, 1.165) is 41.7 Å². The summed E-state index contributed by atoms with van der Waals surface area (Å²) in [7, 11) is 0. The van der Waals surface area contributed by atoms with Crippen molar-refractivity contribution in [1.82, 2.24) is 10.2 Å². The lowest BCUT2D eigenvalue weighted by Gasteiger charge is -2.23. The Labute approximate surface area is 170 Å². The number of nitrogens with zero attached hydrogens (tertiary/aromatic N) is 1. The van der Waals surface area contributed by atoms with Crippen LogP contribution in [-0.2, 0) is 34.4 Å². The Hall–Kier alpha value is -3.15. The highest BCUT2D eigenvalue weighted by molar-refractivity contribution is 6.10. The number of imide groups is 1.